The number of nitrogens with two attached hydrogens (primary N) is 1. The standard InChI is InChI=1S/C15H24N2/c1-3-10-17(14-8-9-14)11-15(16)13-6-4-12(2)5-7-13/h4-7,14-15H,3,8-11,16H2,1-2H3. The van der Waals surface area contributed by atoms with Gasteiger partial charge in [-0.2, -0.15) is 0 Å². The van der Waals surface area contributed by atoms with Gasteiger partial charge in [-0.1, -0.05) is 36.8 Å². The zero-order valence-electron chi connectivity index (χ0n) is 11.0. The van der Waals surface area contributed by atoms with Crippen molar-refractivity contribution in [2.24, 2.45) is 5.73 Å². The van der Waals surface area contributed by atoms with Crippen molar-refractivity contribution >= 4 is 0 Å². The van der Waals surface area contributed by atoms with Crippen LogP contribution < -0.4 is 5.73 Å². The van der Waals surface area contributed by atoms with Gasteiger partial charge in [0.25, 0.3) is 0 Å². The molecule has 2 nitrogen and oxygen atoms in total. The number of aryl methyl sites for hydroxylation is 1. The van der Waals surface area contributed by atoms with Gasteiger partial charge in [0, 0.05) is 18.6 Å². The van der Waals surface area contributed by atoms with Crippen molar-refractivity contribution in [3.05, 3.63) is 35.4 Å². The van der Waals surface area contributed by atoms with E-state index in [0.717, 1.165) is 12.6 Å². The van der Waals surface area contributed by atoms with Crippen LogP contribution in [0.25, 0.3) is 0 Å². The van der Waals surface area contributed by atoms with Crippen molar-refractivity contribution in [1.29, 1.82) is 0 Å². The summed E-state index contributed by atoms with van der Waals surface area (Å²) in [5.74, 6) is 0. The van der Waals surface area contributed by atoms with Gasteiger partial charge < -0.3 is 5.73 Å². The fourth-order valence-electron chi connectivity index (χ4n) is 2.32. The Labute approximate surface area is 105 Å². The molecular weight excluding hydrogens is 208 g/mol. The van der Waals surface area contributed by atoms with Crippen LogP contribution in [0.4, 0.5) is 0 Å². The van der Waals surface area contributed by atoms with Gasteiger partial charge in [0.1, 0.15) is 0 Å². The van der Waals surface area contributed by atoms with E-state index in [-0.39, 0.29) is 6.04 Å². The van der Waals surface area contributed by atoms with Crippen molar-refractivity contribution in [3.8, 4) is 0 Å². The van der Waals surface area contributed by atoms with E-state index in [4.69, 9.17) is 5.73 Å². The minimum Gasteiger partial charge on any atom is -0.323 e. The summed E-state index contributed by atoms with van der Waals surface area (Å²) >= 11 is 0. The summed E-state index contributed by atoms with van der Waals surface area (Å²) in [5.41, 5.74) is 8.86. The monoisotopic (exact) mass is 232 g/mol. The van der Waals surface area contributed by atoms with Crippen molar-refractivity contribution < 1.29 is 0 Å². The lowest BCUT2D eigenvalue weighted by molar-refractivity contribution is 0.248. The van der Waals surface area contributed by atoms with Crippen LogP contribution in [-0.4, -0.2) is 24.0 Å². The van der Waals surface area contributed by atoms with Gasteiger partial charge in [-0.15, -0.1) is 0 Å². The van der Waals surface area contributed by atoms with E-state index in [1.54, 1.807) is 0 Å². The average Bonchev–Trinajstić information content (AvgIpc) is 3.13. The third-order valence-corrected chi connectivity index (χ3v) is 3.51. The predicted molar refractivity (Wildman–Crippen MR) is 73.0 cm³/mol. The highest BCUT2D eigenvalue weighted by Crippen LogP contribution is 2.28. The first-order valence-electron chi connectivity index (χ1n) is 6.77. The maximum absolute atomic E-state index is 6.30. The second-order valence-electron chi connectivity index (χ2n) is 5.24. The first-order valence-corrected chi connectivity index (χ1v) is 6.77. The van der Waals surface area contributed by atoms with Gasteiger partial charge >= 0.3 is 0 Å². The SMILES string of the molecule is CCCN(CC(N)c1ccc(C)cc1)C1CC1. The van der Waals surface area contributed by atoms with Gasteiger partial charge in [-0.25, -0.2) is 0 Å². The summed E-state index contributed by atoms with van der Waals surface area (Å²) in [6, 6.07) is 9.59. The van der Waals surface area contributed by atoms with Crippen LogP contribution in [0, 0.1) is 6.92 Å². The minimum atomic E-state index is 0.155. The highest BCUT2D eigenvalue weighted by Gasteiger charge is 2.29. The molecule has 0 saturated heterocycles. The molecular formula is C15H24N2. The summed E-state index contributed by atoms with van der Waals surface area (Å²) < 4.78 is 0. The second kappa shape index (κ2) is 5.65. The predicted octanol–water partition coefficient (Wildman–Crippen LogP) is 2.87. The van der Waals surface area contributed by atoms with Crippen LogP contribution in [0.5, 0.6) is 0 Å². The Balaban J connectivity index is 1.94. The molecule has 17 heavy (non-hydrogen) atoms. The van der Waals surface area contributed by atoms with E-state index in [1.807, 2.05) is 0 Å². The topological polar surface area (TPSA) is 29.3 Å². The summed E-state index contributed by atoms with van der Waals surface area (Å²) in [7, 11) is 0. The summed E-state index contributed by atoms with van der Waals surface area (Å²) in [5, 5.41) is 0. The molecule has 2 N–H and O–H groups in total. The van der Waals surface area contributed by atoms with Crippen LogP contribution in [0.15, 0.2) is 24.3 Å². The van der Waals surface area contributed by atoms with Crippen molar-refractivity contribution in [2.75, 3.05) is 13.1 Å². The van der Waals surface area contributed by atoms with Gasteiger partial charge in [-0.05, 0) is 38.3 Å². The molecule has 0 aliphatic heterocycles. The zero-order chi connectivity index (χ0) is 12.3. The Hall–Kier alpha value is -0.860. The first-order chi connectivity index (χ1) is 8.20. The molecule has 1 aromatic rings. The number of nitrogens with zero attached hydrogens (tertiary/aromatic N) is 1. The zero-order valence-corrected chi connectivity index (χ0v) is 11.0. The number of hydrogen-bond donors (Lipinski definition) is 1. The van der Waals surface area contributed by atoms with Crippen molar-refractivity contribution in [1.82, 2.24) is 4.90 Å². The van der Waals surface area contributed by atoms with Crippen LogP contribution in [0.3, 0.4) is 0 Å². The Morgan fingerprint density at radius 3 is 2.47 bits per heavy atom. The van der Waals surface area contributed by atoms with E-state index in [1.165, 1.54) is 36.9 Å². The van der Waals surface area contributed by atoms with E-state index < -0.39 is 0 Å². The highest BCUT2D eigenvalue weighted by molar-refractivity contribution is 5.24. The molecule has 0 amide bonds. The summed E-state index contributed by atoms with van der Waals surface area (Å²) in [6.07, 6.45) is 3.94. The van der Waals surface area contributed by atoms with Crippen LogP contribution in [0.2, 0.25) is 0 Å². The fraction of sp³-hybridized carbons (Fsp3) is 0.600. The smallest absolute Gasteiger partial charge is 0.0424 e. The molecule has 1 saturated carbocycles. The fourth-order valence-corrected chi connectivity index (χ4v) is 2.32. The lowest BCUT2D eigenvalue weighted by Crippen LogP contribution is -2.34. The maximum Gasteiger partial charge on any atom is 0.0424 e. The van der Waals surface area contributed by atoms with E-state index >= 15 is 0 Å². The Kier molecular flexibility index (Phi) is 4.19. The summed E-state index contributed by atoms with van der Waals surface area (Å²) in [4.78, 5) is 2.56. The molecule has 0 bridgehead atoms. The van der Waals surface area contributed by atoms with Gasteiger partial charge in [0.15, 0.2) is 0 Å². The lowest BCUT2D eigenvalue weighted by atomic mass is 10.1. The molecule has 94 valence electrons. The molecule has 1 fully saturated rings. The largest absolute Gasteiger partial charge is 0.323 e. The van der Waals surface area contributed by atoms with Crippen molar-refractivity contribution in [3.63, 3.8) is 0 Å². The Morgan fingerprint density at radius 2 is 1.94 bits per heavy atom. The molecule has 1 aromatic carbocycles. The number of benzene rings is 1. The number of hydrogen-bond acceptors (Lipinski definition) is 2. The molecule has 0 aromatic heterocycles. The van der Waals surface area contributed by atoms with Crippen LogP contribution >= 0.6 is 0 Å². The van der Waals surface area contributed by atoms with Crippen LogP contribution in [-0.2, 0) is 0 Å². The molecule has 2 rings (SSSR count). The molecule has 0 spiro atoms. The maximum atomic E-state index is 6.30. The van der Waals surface area contributed by atoms with E-state index in [0.29, 0.717) is 0 Å². The third kappa shape index (κ3) is 3.55. The van der Waals surface area contributed by atoms with E-state index in [9.17, 15) is 0 Å². The number of rotatable bonds is 6. The first kappa shape index (κ1) is 12.6. The van der Waals surface area contributed by atoms with E-state index in [2.05, 4.69) is 43.0 Å². The molecule has 1 aliphatic carbocycles. The quantitative estimate of drug-likeness (QED) is 0.817. The highest BCUT2D eigenvalue weighted by atomic mass is 15.2. The average molecular weight is 232 g/mol. The Bertz CT molecular complexity index is 340. The second-order valence-corrected chi connectivity index (χ2v) is 5.24. The molecule has 1 unspecified atom stereocenters. The van der Waals surface area contributed by atoms with Gasteiger partial charge in [0.05, 0.1) is 0 Å². The normalized spacial score (nSPS) is 17.4. The molecule has 0 heterocycles. The van der Waals surface area contributed by atoms with Gasteiger partial charge in [-0.3, -0.25) is 4.90 Å². The molecule has 1 atom stereocenters. The minimum absolute atomic E-state index is 0.155. The third-order valence-electron chi connectivity index (χ3n) is 3.51. The molecule has 0 radical (unpaired) electrons. The molecule has 1 aliphatic rings. The van der Waals surface area contributed by atoms with Crippen LogP contribution in [0.1, 0.15) is 43.4 Å². The lowest BCUT2D eigenvalue weighted by Gasteiger charge is -2.25. The Morgan fingerprint density at radius 1 is 1.29 bits per heavy atom. The molecule has 2 heteroatoms. The van der Waals surface area contributed by atoms with Gasteiger partial charge in [0.2, 0.25) is 0 Å². The van der Waals surface area contributed by atoms with Crippen molar-refractivity contribution in [2.45, 2.75) is 45.2 Å². The summed E-state index contributed by atoms with van der Waals surface area (Å²) in [6.45, 7) is 6.54.